The summed E-state index contributed by atoms with van der Waals surface area (Å²) >= 11 is 0. The molecule has 0 bridgehead atoms. The van der Waals surface area contributed by atoms with Crippen LogP contribution >= 0.6 is 0 Å². The number of carbonyl (C=O) groups excluding carboxylic acids is 1. The molecule has 1 unspecified atom stereocenters. The van der Waals surface area contributed by atoms with E-state index >= 15 is 0 Å². The molecule has 1 heteroatoms. The molecule has 0 amide bonds. The van der Waals surface area contributed by atoms with Crippen molar-refractivity contribution in [1.82, 2.24) is 0 Å². The lowest BCUT2D eigenvalue weighted by molar-refractivity contribution is -0.112. The topological polar surface area (TPSA) is 17.1 Å². The molecule has 0 aliphatic carbocycles. The van der Waals surface area contributed by atoms with Gasteiger partial charge in [0.1, 0.15) is 0 Å². The van der Waals surface area contributed by atoms with Crippen molar-refractivity contribution in [3.8, 4) is 0 Å². The average Bonchev–Trinajstić information content (AvgIpc) is 2.20. The molecule has 0 N–H and O–H groups in total. The van der Waals surface area contributed by atoms with E-state index in [1.807, 2.05) is 6.08 Å². The summed E-state index contributed by atoms with van der Waals surface area (Å²) in [6.07, 6.45) is 9.94. The first-order chi connectivity index (χ1) is 7.47. The van der Waals surface area contributed by atoms with E-state index < -0.39 is 0 Å². The lowest BCUT2D eigenvalue weighted by atomic mass is 9.94. The van der Waals surface area contributed by atoms with E-state index in [4.69, 9.17) is 0 Å². The minimum absolute atomic E-state index is 0.101. The molecule has 0 radical (unpaired) electrons. The van der Waals surface area contributed by atoms with Crippen LogP contribution in [-0.4, -0.2) is 5.78 Å². The Bertz CT molecular complexity index is 301. The molecule has 0 aliphatic heterocycles. The number of hydrogen-bond donors (Lipinski definition) is 0. The standard InChI is InChI=1S/C15H24O/c1-6-15(9-7-8-14(5)16)13(4)11-10-12(2)3/h7-10,13H,6,11H2,1-5H3. The van der Waals surface area contributed by atoms with Crippen molar-refractivity contribution in [2.24, 2.45) is 5.92 Å². The largest absolute Gasteiger partial charge is 0.295 e. The summed E-state index contributed by atoms with van der Waals surface area (Å²) in [6.45, 7) is 10.2. The molecule has 0 rings (SSSR count). The van der Waals surface area contributed by atoms with Crippen molar-refractivity contribution in [1.29, 1.82) is 0 Å². The van der Waals surface area contributed by atoms with E-state index in [0.717, 1.165) is 12.8 Å². The molecule has 0 aliphatic rings. The van der Waals surface area contributed by atoms with Crippen LogP contribution in [0, 0.1) is 5.92 Å². The Morgan fingerprint density at radius 1 is 1.25 bits per heavy atom. The Morgan fingerprint density at radius 3 is 2.31 bits per heavy atom. The van der Waals surface area contributed by atoms with Crippen LogP contribution < -0.4 is 0 Å². The summed E-state index contributed by atoms with van der Waals surface area (Å²) in [5.74, 6) is 0.653. The number of allylic oxidation sites excluding steroid dienone is 6. The molecule has 0 saturated heterocycles. The fourth-order valence-corrected chi connectivity index (χ4v) is 1.50. The van der Waals surface area contributed by atoms with Crippen molar-refractivity contribution in [3.63, 3.8) is 0 Å². The van der Waals surface area contributed by atoms with Crippen LogP contribution in [0.1, 0.15) is 47.5 Å². The van der Waals surface area contributed by atoms with Gasteiger partial charge in [0.2, 0.25) is 0 Å². The third-order valence-electron chi connectivity index (χ3n) is 2.56. The minimum Gasteiger partial charge on any atom is -0.295 e. The molecular formula is C15H24O. The average molecular weight is 220 g/mol. The van der Waals surface area contributed by atoms with Gasteiger partial charge in [-0.05, 0) is 45.6 Å². The van der Waals surface area contributed by atoms with Crippen molar-refractivity contribution >= 4 is 5.78 Å². The summed E-state index contributed by atoms with van der Waals surface area (Å²) < 4.78 is 0. The predicted molar refractivity (Wildman–Crippen MR) is 71.4 cm³/mol. The Morgan fingerprint density at radius 2 is 1.88 bits per heavy atom. The molecule has 0 saturated carbocycles. The highest BCUT2D eigenvalue weighted by molar-refractivity contribution is 5.87. The van der Waals surface area contributed by atoms with Gasteiger partial charge in [-0.15, -0.1) is 0 Å². The Balaban J connectivity index is 4.47. The fraction of sp³-hybridized carbons (Fsp3) is 0.533. The van der Waals surface area contributed by atoms with Crippen LogP contribution in [0.5, 0.6) is 0 Å². The number of carbonyl (C=O) groups is 1. The van der Waals surface area contributed by atoms with E-state index in [1.165, 1.54) is 11.1 Å². The smallest absolute Gasteiger partial charge is 0.152 e. The molecular weight excluding hydrogens is 196 g/mol. The second-order valence-corrected chi connectivity index (χ2v) is 4.48. The van der Waals surface area contributed by atoms with E-state index in [-0.39, 0.29) is 5.78 Å². The zero-order valence-electron chi connectivity index (χ0n) is 11.2. The summed E-state index contributed by atoms with van der Waals surface area (Å²) in [5, 5.41) is 0. The maximum Gasteiger partial charge on any atom is 0.152 e. The van der Waals surface area contributed by atoms with Crippen LogP contribution in [0.25, 0.3) is 0 Å². The van der Waals surface area contributed by atoms with E-state index in [2.05, 4.69) is 39.8 Å². The first-order valence-corrected chi connectivity index (χ1v) is 5.98. The van der Waals surface area contributed by atoms with Crippen molar-refractivity contribution in [2.45, 2.75) is 47.5 Å². The first kappa shape index (κ1) is 14.9. The van der Waals surface area contributed by atoms with Gasteiger partial charge in [-0.1, -0.05) is 43.2 Å². The third-order valence-corrected chi connectivity index (χ3v) is 2.56. The SMILES string of the molecule is CCC(=CC=CC(C)=O)C(C)CC=C(C)C. The zero-order valence-corrected chi connectivity index (χ0v) is 11.2. The summed E-state index contributed by atoms with van der Waals surface area (Å²) in [4.78, 5) is 10.8. The summed E-state index contributed by atoms with van der Waals surface area (Å²) in [6, 6.07) is 0. The molecule has 1 nitrogen and oxygen atoms in total. The molecule has 0 aromatic carbocycles. The highest BCUT2D eigenvalue weighted by atomic mass is 16.1. The lowest BCUT2D eigenvalue weighted by Crippen LogP contribution is -1.97. The van der Waals surface area contributed by atoms with Crippen LogP contribution in [0.3, 0.4) is 0 Å². The van der Waals surface area contributed by atoms with Gasteiger partial charge in [0, 0.05) is 0 Å². The summed E-state index contributed by atoms with van der Waals surface area (Å²) in [5.41, 5.74) is 2.76. The van der Waals surface area contributed by atoms with Gasteiger partial charge in [-0.2, -0.15) is 0 Å². The molecule has 0 fully saturated rings. The molecule has 90 valence electrons. The van der Waals surface area contributed by atoms with Crippen LogP contribution in [0.15, 0.2) is 35.5 Å². The molecule has 0 aromatic rings. The van der Waals surface area contributed by atoms with Crippen molar-refractivity contribution < 1.29 is 4.79 Å². The quantitative estimate of drug-likeness (QED) is 0.367. The van der Waals surface area contributed by atoms with Gasteiger partial charge >= 0.3 is 0 Å². The zero-order chi connectivity index (χ0) is 12.6. The Kier molecular flexibility index (Phi) is 7.53. The van der Waals surface area contributed by atoms with Gasteiger partial charge in [-0.25, -0.2) is 0 Å². The van der Waals surface area contributed by atoms with Gasteiger partial charge in [-0.3, -0.25) is 4.79 Å². The van der Waals surface area contributed by atoms with Crippen molar-refractivity contribution in [3.05, 3.63) is 35.5 Å². The van der Waals surface area contributed by atoms with Crippen molar-refractivity contribution in [2.75, 3.05) is 0 Å². The summed E-state index contributed by atoms with van der Waals surface area (Å²) in [7, 11) is 0. The number of ketones is 1. The van der Waals surface area contributed by atoms with Crippen LogP contribution in [-0.2, 0) is 4.79 Å². The highest BCUT2D eigenvalue weighted by Gasteiger charge is 2.04. The number of hydrogen-bond acceptors (Lipinski definition) is 1. The number of rotatable bonds is 6. The second-order valence-electron chi connectivity index (χ2n) is 4.48. The normalized spacial score (nSPS) is 13.9. The monoisotopic (exact) mass is 220 g/mol. The maximum atomic E-state index is 10.8. The maximum absolute atomic E-state index is 10.8. The molecule has 1 atom stereocenters. The van der Waals surface area contributed by atoms with E-state index in [1.54, 1.807) is 13.0 Å². The van der Waals surface area contributed by atoms with Gasteiger partial charge in [0.15, 0.2) is 5.78 Å². The van der Waals surface area contributed by atoms with Crippen LogP contribution in [0.2, 0.25) is 0 Å². The highest BCUT2D eigenvalue weighted by Crippen LogP contribution is 2.19. The van der Waals surface area contributed by atoms with E-state index in [9.17, 15) is 4.79 Å². The molecule has 0 aromatic heterocycles. The predicted octanol–water partition coefficient (Wildman–Crippen LogP) is 4.46. The Hall–Kier alpha value is -1.11. The van der Waals surface area contributed by atoms with Gasteiger partial charge in [0.05, 0.1) is 0 Å². The lowest BCUT2D eigenvalue weighted by Gasteiger charge is -2.12. The Labute approximate surface area is 99.9 Å². The fourth-order valence-electron chi connectivity index (χ4n) is 1.50. The van der Waals surface area contributed by atoms with Gasteiger partial charge < -0.3 is 0 Å². The molecule has 0 spiro atoms. The minimum atomic E-state index is 0.101. The van der Waals surface area contributed by atoms with Crippen LogP contribution in [0.4, 0.5) is 0 Å². The molecule has 0 heterocycles. The van der Waals surface area contributed by atoms with Gasteiger partial charge in [0.25, 0.3) is 0 Å². The molecule has 16 heavy (non-hydrogen) atoms. The first-order valence-electron chi connectivity index (χ1n) is 5.98. The van der Waals surface area contributed by atoms with E-state index in [0.29, 0.717) is 5.92 Å². The third kappa shape index (κ3) is 7.22. The second kappa shape index (κ2) is 8.09.